The first-order valence-electron chi connectivity index (χ1n) is 8.48. The van der Waals surface area contributed by atoms with Crippen LogP contribution >= 0.6 is 0 Å². The number of aliphatic hydroxyl groups is 1. The van der Waals surface area contributed by atoms with Crippen LogP contribution in [-0.4, -0.2) is 32.6 Å². The fraction of sp³-hybridized carbons (Fsp3) is 0.556. The number of aromatic nitrogens is 2. The van der Waals surface area contributed by atoms with Gasteiger partial charge < -0.3 is 15.4 Å². The van der Waals surface area contributed by atoms with Crippen molar-refractivity contribution in [2.75, 3.05) is 0 Å². The van der Waals surface area contributed by atoms with Crippen LogP contribution in [-0.2, 0) is 0 Å². The van der Waals surface area contributed by atoms with Gasteiger partial charge >= 0.3 is 0 Å². The van der Waals surface area contributed by atoms with E-state index in [4.69, 9.17) is 0 Å². The summed E-state index contributed by atoms with van der Waals surface area (Å²) in [5.41, 5.74) is -0.726. The van der Waals surface area contributed by atoms with E-state index in [9.17, 15) is 18.7 Å². The number of nitrogens with one attached hydrogen (secondary N) is 2. The molecule has 0 radical (unpaired) electrons. The zero-order valence-electron chi connectivity index (χ0n) is 14.4. The molecule has 0 saturated heterocycles. The van der Waals surface area contributed by atoms with Crippen LogP contribution in [0.15, 0.2) is 12.3 Å². The maximum atomic E-state index is 13.8. The molecular weight excluding hydrogens is 328 g/mol. The first kappa shape index (κ1) is 16.4. The summed E-state index contributed by atoms with van der Waals surface area (Å²) in [6.07, 6.45) is 2.44. The van der Waals surface area contributed by atoms with Crippen LogP contribution in [0.3, 0.4) is 0 Å². The van der Waals surface area contributed by atoms with E-state index in [1.165, 1.54) is 6.07 Å². The lowest BCUT2D eigenvalue weighted by molar-refractivity contribution is -0.207. The fourth-order valence-electron chi connectivity index (χ4n) is 4.76. The molecule has 2 aromatic heterocycles. The highest BCUT2D eigenvalue weighted by Crippen LogP contribution is 2.62. The zero-order chi connectivity index (χ0) is 18.1. The van der Waals surface area contributed by atoms with Gasteiger partial charge in [0.2, 0.25) is 0 Å². The van der Waals surface area contributed by atoms with Crippen LogP contribution in [0.2, 0.25) is 0 Å². The number of amides is 1. The highest BCUT2D eigenvalue weighted by Gasteiger charge is 2.63. The third-order valence-electron chi connectivity index (χ3n) is 6.50. The Labute approximate surface area is 143 Å². The van der Waals surface area contributed by atoms with Gasteiger partial charge in [-0.1, -0.05) is 13.8 Å². The first-order valence-corrected chi connectivity index (χ1v) is 8.48. The van der Waals surface area contributed by atoms with Gasteiger partial charge in [-0.3, -0.25) is 4.79 Å². The Hall–Kier alpha value is -2.02. The van der Waals surface area contributed by atoms with Crippen molar-refractivity contribution in [1.82, 2.24) is 15.3 Å². The lowest BCUT2D eigenvalue weighted by atomic mass is 9.43. The number of hydrogen-bond acceptors (Lipinski definition) is 3. The molecule has 0 aliphatic heterocycles. The summed E-state index contributed by atoms with van der Waals surface area (Å²) in [6.45, 7) is 6.07. The minimum atomic E-state index is -1.06. The van der Waals surface area contributed by atoms with Crippen LogP contribution in [0.5, 0.6) is 0 Å². The van der Waals surface area contributed by atoms with Gasteiger partial charge in [0.1, 0.15) is 11.3 Å². The third kappa shape index (κ3) is 2.21. The zero-order valence-corrected chi connectivity index (χ0v) is 14.4. The summed E-state index contributed by atoms with van der Waals surface area (Å²) >= 11 is 0. The van der Waals surface area contributed by atoms with Crippen LogP contribution < -0.4 is 5.32 Å². The van der Waals surface area contributed by atoms with Crippen molar-refractivity contribution in [1.29, 1.82) is 0 Å². The molecule has 2 heterocycles. The average molecular weight is 349 g/mol. The number of aromatic amines is 1. The van der Waals surface area contributed by atoms with Crippen molar-refractivity contribution >= 4 is 16.9 Å². The molecule has 3 aliphatic carbocycles. The molecule has 3 fully saturated rings. The number of halogens is 2. The van der Waals surface area contributed by atoms with Crippen molar-refractivity contribution in [3.05, 3.63) is 29.6 Å². The van der Waals surface area contributed by atoms with Crippen LogP contribution in [0.1, 0.15) is 44.1 Å². The van der Waals surface area contributed by atoms with Crippen LogP contribution in [0, 0.1) is 28.9 Å². The van der Waals surface area contributed by atoms with E-state index in [1.54, 1.807) is 6.92 Å². The molecular formula is C18H21F2N3O2. The number of nitrogens with zero attached hydrogens (tertiary/aromatic N) is 1. The van der Waals surface area contributed by atoms with E-state index < -0.39 is 23.1 Å². The molecule has 1 amide bonds. The number of hydrogen-bond donors (Lipinski definition) is 3. The van der Waals surface area contributed by atoms with E-state index in [0.717, 1.165) is 12.6 Å². The Kier molecular flexibility index (Phi) is 3.29. The van der Waals surface area contributed by atoms with Crippen LogP contribution in [0.4, 0.5) is 8.78 Å². The predicted octanol–water partition coefficient (Wildman–Crippen LogP) is 2.76. The van der Waals surface area contributed by atoms with E-state index in [2.05, 4.69) is 29.1 Å². The van der Waals surface area contributed by atoms with Crippen molar-refractivity contribution in [3.8, 4) is 0 Å². The van der Waals surface area contributed by atoms with E-state index in [0.29, 0.717) is 12.3 Å². The average Bonchev–Trinajstić information content (AvgIpc) is 2.97. The Morgan fingerprint density at radius 3 is 2.72 bits per heavy atom. The number of pyridine rings is 1. The largest absolute Gasteiger partial charge is 0.388 e. The number of rotatable bonds is 2. The van der Waals surface area contributed by atoms with Gasteiger partial charge in [0, 0.05) is 0 Å². The summed E-state index contributed by atoms with van der Waals surface area (Å²) in [7, 11) is 0. The summed E-state index contributed by atoms with van der Waals surface area (Å²) in [5.74, 6) is -1.97. The lowest BCUT2D eigenvalue weighted by Gasteiger charge is -2.65. The van der Waals surface area contributed by atoms with Gasteiger partial charge in [-0.25, -0.2) is 13.8 Å². The summed E-state index contributed by atoms with van der Waals surface area (Å²) in [4.78, 5) is 19.0. The molecule has 7 heteroatoms. The van der Waals surface area contributed by atoms with Crippen molar-refractivity contribution in [2.24, 2.45) is 17.3 Å². The maximum Gasteiger partial charge on any atom is 0.268 e. The molecule has 3 N–H and O–H groups in total. The van der Waals surface area contributed by atoms with Gasteiger partial charge in [0.15, 0.2) is 11.6 Å². The molecule has 3 saturated carbocycles. The molecule has 4 atom stereocenters. The quantitative estimate of drug-likeness (QED) is 0.780. The van der Waals surface area contributed by atoms with Gasteiger partial charge in [-0.05, 0) is 43.1 Å². The highest BCUT2D eigenvalue weighted by molar-refractivity contribution is 5.97. The topological polar surface area (TPSA) is 78.0 Å². The summed E-state index contributed by atoms with van der Waals surface area (Å²) in [6, 6.07) is 0.871. The number of fused-ring (bicyclic) bond motifs is 3. The van der Waals surface area contributed by atoms with Gasteiger partial charge in [-0.2, -0.15) is 0 Å². The second kappa shape index (κ2) is 5.00. The molecule has 25 heavy (non-hydrogen) atoms. The predicted molar refractivity (Wildman–Crippen MR) is 87.9 cm³/mol. The van der Waals surface area contributed by atoms with Crippen LogP contribution in [0.25, 0.3) is 11.0 Å². The molecule has 134 valence electrons. The molecule has 0 spiro atoms. The van der Waals surface area contributed by atoms with Crippen molar-refractivity contribution in [2.45, 2.75) is 45.3 Å². The number of carbonyl (C=O) groups excluding carboxylic acids is 1. The Morgan fingerprint density at radius 1 is 1.36 bits per heavy atom. The molecule has 5 nitrogen and oxygen atoms in total. The monoisotopic (exact) mass is 349 g/mol. The molecule has 0 unspecified atom stereocenters. The maximum absolute atomic E-state index is 13.8. The highest BCUT2D eigenvalue weighted by atomic mass is 19.2. The lowest BCUT2D eigenvalue weighted by Crippen LogP contribution is -2.70. The molecule has 3 aliphatic rings. The normalized spacial score (nSPS) is 33.1. The van der Waals surface area contributed by atoms with Gasteiger partial charge in [-0.15, -0.1) is 0 Å². The second-order valence-electron chi connectivity index (χ2n) is 8.16. The molecule has 5 rings (SSSR count). The SMILES string of the molecule is CC1(C)[C@H]2C[C@H](NC(=O)c3cc4c(F)c(F)cnc4[nH]3)[C@](C)(O)[C@@H]1C2. The van der Waals surface area contributed by atoms with Crippen molar-refractivity contribution in [3.63, 3.8) is 0 Å². The second-order valence-corrected chi connectivity index (χ2v) is 8.16. The van der Waals surface area contributed by atoms with Gasteiger partial charge in [0.05, 0.1) is 23.2 Å². The fourth-order valence-corrected chi connectivity index (χ4v) is 4.76. The summed E-state index contributed by atoms with van der Waals surface area (Å²) < 4.78 is 27.1. The Balaban J connectivity index is 1.58. The molecule has 2 bridgehead atoms. The minimum absolute atomic E-state index is 0.0652. The first-order chi connectivity index (χ1) is 11.6. The Morgan fingerprint density at radius 2 is 2.08 bits per heavy atom. The van der Waals surface area contributed by atoms with E-state index in [-0.39, 0.29) is 34.1 Å². The summed E-state index contributed by atoms with van der Waals surface area (Å²) in [5, 5.41) is 13.7. The third-order valence-corrected chi connectivity index (χ3v) is 6.50. The molecule has 0 aromatic carbocycles. The Bertz CT molecular complexity index is 875. The van der Waals surface area contributed by atoms with Gasteiger partial charge in [0.25, 0.3) is 5.91 Å². The standard InChI is InChI=1S/C18H21F2N3O2/c1-17(2)8-4-12(17)18(3,25)13(5-8)23-16(24)11-6-9-14(20)10(19)7-21-15(9)22-11/h6-8,12-13,25H,4-5H2,1-3H3,(H,21,22)(H,23,24)/t8-,12-,13+,18-/m1/s1. The van der Waals surface area contributed by atoms with E-state index in [1.807, 2.05) is 0 Å². The van der Waals surface area contributed by atoms with Crippen molar-refractivity contribution < 1.29 is 18.7 Å². The van der Waals surface area contributed by atoms with E-state index >= 15 is 0 Å². The number of H-pyrrole nitrogens is 1. The minimum Gasteiger partial charge on any atom is -0.388 e. The number of carbonyl (C=O) groups is 1. The molecule has 2 aromatic rings. The smallest absolute Gasteiger partial charge is 0.268 e.